The van der Waals surface area contributed by atoms with Crippen molar-refractivity contribution in [2.24, 2.45) is 0 Å². The Morgan fingerprint density at radius 3 is 1.88 bits per heavy atom. The second-order valence-electron chi connectivity index (χ2n) is 6.42. The molecule has 0 saturated carbocycles. The predicted molar refractivity (Wildman–Crippen MR) is 101 cm³/mol. The molecule has 0 bridgehead atoms. The van der Waals surface area contributed by atoms with E-state index in [2.05, 4.69) is 103 Å². The summed E-state index contributed by atoms with van der Waals surface area (Å²) in [7, 11) is 0. The summed E-state index contributed by atoms with van der Waals surface area (Å²) >= 11 is 0. The maximum atomic E-state index is 3.44. The van der Waals surface area contributed by atoms with E-state index in [0.717, 1.165) is 0 Å². The van der Waals surface area contributed by atoms with Crippen LogP contribution in [0.5, 0.6) is 0 Å². The van der Waals surface area contributed by atoms with Gasteiger partial charge in [-0.15, -0.1) is 0 Å². The summed E-state index contributed by atoms with van der Waals surface area (Å²) in [6.07, 6.45) is 0. The largest absolute Gasteiger partial charge is 0.0714 e. The van der Waals surface area contributed by atoms with Crippen LogP contribution in [0.1, 0.15) is 22.3 Å². The highest BCUT2D eigenvalue weighted by atomic mass is 14.5. The molecule has 0 fully saturated rings. The average molecular weight is 316 g/mol. The third kappa shape index (κ3) is 1.88. The fourth-order valence-electron chi connectivity index (χ4n) is 4.25. The highest BCUT2D eigenvalue weighted by molar-refractivity contribution is 5.85. The lowest BCUT2D eigenvalue weighted by Crippen LogP contribution is -2.28. The quantitative estimate of drug-likeness (QED) is 0.395. The van der Waals surface area contributed by atoms with Crippen LogP contribution < -0.4 is 0 Å². The van der Waals surface area contributed by atoms with Crippen molar-refractivity contribution in [2.45, 2.75) is 5.41 Å². The molecule has 0 N–H and O–H groups in total. The van der Waals surface area contributed by atoms with Crippen molar-refractivity contribution in [3.05, 3.63) is 131 Å². The molecule has 4 aromatic carbocycles. The van der Waals surface area contributed by atoms with E-state index in [1.54, 1.807) is 0 Å². The maximum Gasteiger partial charge on any atom is 0.0714 e. The van der Waals surface area contributed by atoms with Gasteiger partial charge in [0.2, 0.25) is 0 Å². The summed E-state index contributed by atoms with van der Waals surface area (Å²) < 4.78 is 0. The van der Waals surface area contributed by atoms with Crippen molar-refractivity contribution in [2.75, 3.05) is 0 Å². The molecular formula is C25H16. The van der Waals surface area contributed by atoms with Gasteiger partial charge in [-0.2, -0.15) is 0 Å². The van der Waals surface area contributed by atoms with Gasteiger partial charge >= 0.3 is 0 Å². The van der Waals surface area contributed by atoms with Gasteiger partial charge in [-0.3, -0.25) is 0 Å². The van der Waals surface area contributed by atoms with Crippen molar-refractivity contribution >= 4 is 0 Å². The lowest BCUT2D eigenvalue weighted by Gasteiger charge is -2.33. The van der Waals surface area contributed by atoms with E-state index in [0.29, 0.717) is 0 Å². The van der Waals surface area contributed by atoms with Crippen molar-refractivity contribution in [3.8, 4) is 11.1 Å². The Hall–Kier alpha value is -3.12. The van der Waals surface area contributed by atoms with E-state index >= 15 is 0 Å². The first-order valence-electron chi connectivity index (χ1n) is 8.55. The van der Waals surface area contributed by atoms with Crippen molar-refractivity contribution in [1.29, 1.82) is 0 Å². The van der Waals surface area contributed by atoms with E-state index in [-0.39, 0.29) is 5.41 Å². The van der Waals surface area contributed by atoms with Crippen LogP contribution in [0.4, 0.5) is 0 Å². The molecule has 0 heterocycles. The molecule has 1 aliphatic carbocycles. The zero-order valence-electron chi connectivity index (χ0n) is 13.7. The van der Waals surface area contributed by atoms with Gasteiger partial charge in [0.15, 0.2) is 0 Å². The minimum absolute atomic E-state index is 0.317. The Balaban J connectivity index is 1.98. The fraction of sp³-hybridized carbons (Fsp3) is 0.0400. The number of hydrogen-bond donors (Lipinski definition) is 0. The SMILES string of the molecule is [c]1c[c]c2c(c1)C(c1ccccc1)(c1ccccc1)c1ccccc1-2. The Morgan fingerprint density at radius 2 is 1.20 bits per heavy atom. The molecule has 0 nitrogen and oxygen atoms in total. The number of fused-ring (bicyclic) bond motifs is 3. The first kappa shape index (κ1) is 14.2. The maximum absolute atomic E-state index is 3.44. The van der Waals surface area contributed by atoms with Crippen molar-refractivity contribution in [3.63, 3.8) is 0 Å². The summed E-state index contributed by atoms with van der Waals surface area (Å²) in [5, 5.41) is 0. The van der Waals surface area contributed by atoms with Gasteiger partial charge in [0.1, 0.15) is 0 Å². The Bertz CT molecular complexity index is 943. The first-order valence-corrected chi connectivity index (χ1v) is 8.55. The lowest BCUT2D eigenvalue weighted by atomic mass is 9.68. The molecule has 0 aliphatic heterocycles. The Labute approximate surface area is 148 Å². The molecule has 0 saturated heterocycles. The molecule has 2 radical (unpaired) electrons. The summed E-state index contributed by atoms with van der Waals surface area (Å²) in [4.78, 5) is 0. The molecule has 5 rings (SSSR count). The van der Waals surface area contributed by atoms with Gasteiger partial charge in [0.05, 0.1) is 5.41 Å². The van der Waals surface area contributed by atoms with Gasteiger partial charge in [0, 0.05) is 0 Å². The van der Waals surface area contributed by atoms with E-state index in [9.17, 15) is 0 Å². The Morgan fingerprint density at radius 1 is 0.600 bits per heavy atom. The highest BCUT2D eigenvalue weighted by Gasteiger charge is 2.45. The molecular weight excluding hydrogens is 300 g/mol. The molecule has 116 valence electrons. The van der Waals surface area contributed by atoms with Gasteiger partial charge < -0.3 is 0 Å². The molecule has 1 aliphatic rings. The van der Waals surface area contributed by atoms with Gasteiger partial charge in [-0.1, -0.05) is 84.9 Å². The lowest BCUT2D eigenvalue weighted by molar-refractivity contribution is 0.768. The minimum Gasteiger partial charge on any atom is -0.0622 e. The Kier molecular flexibility index (Phi) is 3.11. The number of rotatable bonds is 2. The van der Waals surface area contributed by atoms with Gasteiger partial charge in [0.25, 0.3) is 0 Å². The molecule has 0 amide bonds. The molecule has 0 atom stereocenters. The highest BCUT2D eigenvalue weighted by Crippen LogP contribution is 2.55. The first-order chi connectivity index (χ1) is 12.4. The average Bonchev–Trinajstić information content (AvgIpc) is 3.01. The van der Waals surface area contributed by atoms with E-state index < -0.39 is 0 Å². The van der Waals surface area contributed by atoms with Crippen LogP contribution >= 0.6 is 0 Å². The topological polar surface area (TPSA) is 0 Å². The third-order valence-electron chi connectivity index (χ3n) is 5.21. The van der Waals surface area contributed by atoms with Crippen LogP contribution in [0, 0.1) is 12.1 Å². The van der Waals surface area contributed by atoms with Crippen LogP contribution in [-0.4, -0.2) is 0 Å². The molecule has 0 unspecified atom stereocenters. The fourth-order valence-corrected chi connectivity index (χ4v) is 4.25. The third-order valence-corrected chi connectivity index (χ3v) is 5.21. The van der Waals surface area contributed by atoms with Crippen LogP contribution in [0.25, 0.3) is 11.1 Å². The second kappa shape index (κ2) is 5.46. The van der Waals surface area contributed by atoms with Crippen LogP contribution in [-0.2, 0) is 5.41 Å². The van der Waals surface area contributed by atoms with Gasteiger partial charge in [-0.25, -0.2) is 0 Å². The van der Waals surface area contributed by atoms with Crippen LogP contribution in [0.3, 0.4) is 0 Å². The molecule has 0 spiro atoms. The van der Waals surface area contributed by atoms with E-state index in [4.69, 9.17) is 0 Å². The van der Waals surface area contributed by atoms with Gasteiger partial charge in [-0.05, 0) is 57.6 Å². The second-order valence-corrected chi connectivity index (χ2v) is 6.42. The standard InChI is InChI=1S/C25H16/c1-3-11-19(12-4-1)25(20-13-5-2-6-14-20)23-17-9-7-15-21(23)22-16-8-10-18-24(22)25/h1-9,11-15,17-18H. The smallest absolute Gasteiger partial charge is 0.0622 e. The van der Waals surface area contributed by atoms with Crippen molar-refractivity contribution < 1.29 is 0 Å². The van der Waals surface area contributed by atoms with Crippen LogP contribution in [0.15, 0.2) is 97.1 Å². The summed E-state index contributed by atoms with van der Waals surface area (Å²) in [5.41, 5.74) is 7.26. The zero-order valence-corrected chi connectivity index (χ0v) is 13.7. The normalized spacial score (nSPS) is 13.9. The van der Waals surface area contributed by atoms with E-state index in [1.165, 1.54) is 33.4 Å². The zero-order chi connectivity index (χ0) is 16.7. The van der Waals surface area contributed by atoms with E-state index in [1.807, 2.05) is 6.07 Å². The monoisotopic (exact) mass is 316 g/mol. The number of benzene rings is 4. The summed E-state index contributed by atoms with van der Waals surface area (Å²) in [6.45, 7) is 0. The molecule has 25 heavy (non-hydrogen) atoms. The number of hydrogen-bond acceptors (Lipinski definition) is 0. The predicted octanol–water partition coefficient (Wildman–Crippen LogP) is 5.65. The van der Waals surface area contributed by atoms with Crippen LogP contribution in [0.2, 0.25) is 0 Å². The molecule has 4 aromatic rings. The summed E-state index contributed by atoms with van der Waals surface area (Å²) in [6, 6.07) is 41.0. The van der Waals surface area contributed by atoms with Crippen molar-refractivity contribution in [1.82, 2.24) is 0 Å². The molecule has 0 heteroatoms. The summed E-state index contributed by atoms with van der Waals surface area (Å²) in [5.74, 6) is 0. The minimum atomic E-state index is -0.317. The molecule has 0 aromatic heterocycles.